The maximum absolute atomic E-state index is 11.3. The fourth-order valence-corrected chi connectivity index (χ4v) is 1.81. The fourth-order valence-electron chi connectivity index (χ4n) is 1.81. The Morgan fingerprint density at radius 2 is 1.67 bits per heavy atom. The molecular weight excluding hydrogens is 193 g/mol. The van der Waals surface area contributed by atoms with Crippen LogP contribution in [-0.4, -0.2) is 19.7 Å². The predicted octanol–water partition coefficient (Wildman–Crippen LogP) is 3.62. The van der Waals surface area contributed by atoms with Crippen LogP contribution in [0.4, 0.5) is 4.53 Å². The predicted molar refractivity (Wildman–Crippen MR) is 62.5 cm³/mol. The minimum Gasteiger partial charge on any atom is -0.317 e. The minimum absolute atomic E-state index is 0.262. The van der Waals surface area contributed by atoms with Crippen LogP contribution in [0.15, 0.2) is 0 Å². The van der Waals surface area contributed by atoms with Crippen molar-refractivity contribution in [3.63, 3.8) is 0 Å². The van der Waals surface area contributed by atoms with E-state index in [4.69, 9.17) is 0 Å². The Labute approximate surface area is 93.5 Å². The van der Waals surface area contributed by atoms with E-state index in [1.165, 1.54) is 38.5 Å². The van der Waals surface area contributed by atoms with Crippen LogP contribution in [-0.2, 0) is 4.94 Å². The van der Waals surface area contributed by atoms with Gasteiger partial charge in [-0.05, 0) is 30.8 Å². The zero-order chi connectivity index (χ0) is 11.4. The van der Waals surface area contributed by atoms with Gasteiger partial charge in [-0.1, -0.05) is 39.0 Å². The van der Waals surface area contributed by atoms with Crippen LogP contribution < -0.4 is 5.32 Å². The molecule has 0 saturated carbocycles. The first-order valence-corrected chi connectivity index (χ1v) is 6.26. The summed E-state index contributed by atoms with van der Waals surface area (Å²) in [6.45, 7) is 2.48. The van der Waals surface area contributed by atoms with Gasteiger partial charge in [0.05, 0.1) is 6.61 Å². The summed E-state index contributed by atoms with van der Waals surface area (Å²) in [6, 6.07) is 0.685. The molecule has 0 radical (unpaired) electrons. The number of hydrogen-bond donors (Lipinski definition) is 1. The maximum Gasteiger partial charge on any atom is 0.0876 e. The van der Waals surface area contributed by atoms with Crippen molar-refractivity contribution in [3.8, 4) is 0 Å². The summed E-state index contributed by atoms with van der Waals surface area (Å²) in [5.41, 5.74) is 0. The highest BCUT2D eigenvalue weighted by atomic mass is 19.3. The summed E-state index contributed by atoms with van der Waals surface area (Å²) in [4.78, 5) is 3.52. The molecule has 0 aromatic heterocycles. The van der Waals surface area contributed by atoms with E-state index in [9.17, 15) is 4.53 Å². The smallest absolute Gasteiger partial charge is 0.0876 e. The van der Waals surface area contributed by atoms with Crippen molar-refractivity contribution in [3.05, 3.63) is 0 Å². The van der Waals surface area contributed by atoms with Gasteiger partial charge in [-0.2, -0.15) is 4.94 Å². The SMILES string of the molecule is CC[C@@H](CCCCCCCCOF)NC. The quantitative estimate of drug-likeness (QED) is 0.536. The van der Waals surface area contributed by atoms with Gasteiger partial charge in [0.15, 0.2) is 0 Å². The highest BCUT2D eigenvalue weighted by Gasteiger charge is 2.01. The molecule has 0 rings (SSSR count). The van der Waals surface area contributed by atoms with Crippen molar-refractivity contribution in [2.75, 3.05) is 13.7 Å². The van der Waals surface area contributed by atoms with Crippen LogP contribution >= 0.6 is 0 Å². The zero-order valence-electron chi connectivity index (χ0n) is 10.2. The second-order valence-corrected chi connectivity index (χ2v) is 4.12. The van der Waals surface area contributed by atoms with Gasteiger partial charge in [0.25, 0.3) is 0 Å². The average Bonchev–Trinajstić information content (AvgIpc) is 2.27. The highest BCUT2D eigenvalue weighted by Crippen LogP contribution is 2.10. The van der Waals surface area contributed by atoms with Gasteiger partial charge < -0.3 is 5.32 Å². The Morgan fingerprint density at radius 3 is 2.20 bits per heavy atom. The zero-order valence-corrected chi connectivity index (χ0v) is 10.2. The third-order valence-electron chi connectivity index (χ3n) is 2.93. The molecule has 15 heavy (non-hydrogen) atoms. The topological polar surface area (TPSA) is 21.3 Å². The lowest BCUT2D eigenvalue weighted by molar-refractivity contribution is -0.133. The lowest BCUT2D eigenvalue weighted by Crippen LogP contribution is -2.23. The lowest BCUT2D eigenvalue weighted by atomic mass is 10.0. The average molecular weight is 219 g/mol. The summed E-state index contributed by atoms with van der Waals surface area (Å²) < 4.78 is 11.3. The Balaban J connectivity index is 3.04. The molecule has 0 aromatic carbocycles. The third-order valence-corrected chi connectivity index (χ3v) is 2.93. The first-order chi connectivity index (χ1) is 7.35. The van der Waals surface area contributed by atoms with Crippen LogP contribution in [0.1, 0.15) is 58.3 Å². The summed E-state index contributed by atoms with van der Waals surface area (Å²) in [5, 5.41) is 3.31. The summed E-state index contributed by atoms with van der Waals surface area (Å²) >= 11 is 0. The van der Waals surface area contributed by atoms with E-state index < -0.39 is 0 Å². The van der Waals surface area contributed by atoms with Crippen molar-refractivity contribution in [2.24, 2.45) is 0 Å². The van der Waals surface area contributed by atoms with Crippen LogP contribution in [0.3, 0.4) is 0 Å². The van der Waals surface area contributed by atoms with E-state index >= 15 is 0 Å². The number of hydrogen-bond acceptors (Lipinski definition) is 2. The standard InChI is InChI=1S/C12H26FNO/c1-3-12(14-2)10-8-6-4-5-7-9-11-15-13/h12,14H,3-11H2,1-2H3/t12-/m0/s1. The molecule has 1 atom stereocenters. The third kappa shape index (κ3) is 10.1. The first-order valence-electron chi connectivity index (χ1n) is 6.26. The Bertz CT molecular complexity index is 118. The Hall–Kier alpha value is -0.150. The molecular formula is C12H26FNO. The molecule has 2 nitrogen and oxygen atoms in total. The molecule has 0 bridgehead atoms. The second kappa shape index (κ2) is 11.9. The van der Waals surface area contributed by atoms with Crippen LogP contribution in [0.5, 0.6) is 0 Å². The molecule has 0 aliphatic heterocycles. The maximum atomic E-state index is 11.3. The van der Waals surface area contributed by atoms with E-state index in [1.807, 2.05) is 7.05 Å². The van der Waals surface area contributed by atoms with E-state index in [0.29, 0.717) is 6.04 Å². The molecule has 0 amide bonds. The molecule has 0 saturated heterocycles. The van der Waals surface area contributed by atoms with Crippen molar-refractivity contribution in [2.45, 2.75) is 64.3 Å². The minimum atomic E-state index is 0.262. The largest absolute Gasteiger partial charge is 0.317 e. The fraction of sp³-hybridized carbons (Fsp3) is 1.00. The Kier molecular flexibility index (Phi) is 11.8. The molecule has 3 heteroatoms. The second-order valence-electron chi connectivity index (χ2n) is 4.12. The summed E-state index contributed by atoms with van der Waals surface area (Å²) in [5.74, 6) is 0. The van der Waals surface area contributed by atoms with Crippen molar-refractivity contribution in [1.29, 1.82) is 0 Å². The molecule has 0 aromatic rings. The van der Waals surface area contributed by atoms with Gasteiger partial charge in [-0.15, -0.1) is 0 Å². The highest BCUT2D eigenvalue weighted by molar-refractivity contribution is 4.61. The van der Waals surface area contributed by atoms with Crippen molar-refractivity contribution in [1.82, 2.24) is 5.32 Å². The Morgan fingerprint density at radius 1 is 1.07 bits per heavy atom. The molecule has 0 heterocycles. The lowest BCUT2D eigenvalue weighted by Gasteiger charge is -2.12. The number of unbranched alkanes of at least 4 members (excludes halogenated alkanes) is 5. The van der Waals surface area contributed by atoms with E-state index in [0.717, 1.165) is 12.8 Å². The molecule has 0 aliphatic rings. The van der Waals surface area contributed by atoms with Crippen LogP contribution in [0.25, 0.3) is 0 Å². The van der Waals surface area contributed by atoms with Gasteiger partial charge in [-0.25, -0.2) is 0 Å². The van der Waals surface area contributed by atoms with Gasteiger partial charge in [0.2, 0.25) is 0 Å². The van der Waals surface area contributed by atoms with E-state index in [-0.39, 0.29) is 6.61 Å². The van der Waals surface area contributed by atoms with Gasteiger partial charge in [-0.3, -0.25) is 0 Å². The molecule has 0 spiro atoms. The molecule has 0 fully saturated rings. The van der Waals surface area contributed by atoms with Gasteiger partial charge in [0, 0.05) is 6.04 Å². The van der Waals surface area contributed by atoms with Gasteiger partial charge >= 0.3 is 0 Å². The molecule has 1 N–H and O–H groups in total. The molecule has 0 unspecified atom stereocenters. The van der Waals surface area contributed by atoms with Gasteiger partial charge in [0.1, 0.15) is 0 Å². The monoisotopic (exact) mass is 219 g/mol. The van der Waals surface area contributed by atoms with E-state index in [2.05, 4.69) is 17.2 Å². The number of halogens is 1. The van der Waals surface area contributed by atoms with Crippen LogP contribution in [0.2, 0.25) is 0 Å². The normalized spacial score (nSPS) is 13.0. The number of rotatable bonds is 11. The molecule has 92 valence electrons. The first kappa shape index (κ1) is 14.8. The van der Waals surface area contributed by atoms with Crippen molar-refractivity contribution >= 4 is 0 Å². The van der Waals surface area contributed by atoms with E-state index in [1.54, 1.807) is 0 Å². The summed E-state index contributed by atoms with van der Waals surface area (Å²) in [6.07, 6.45) is 9.52. The van der Waals surface area contributed by atoms with Crippen molar-refractivity contribution < 1.29 is 9.47 Å². The molecule has 0 aliphatic carbocycles. The van der Waals surface area contributed by atoms with Crippen LogP contribution in [0, 0.1) is 0 Å². The number of nitrogens with one attached hydrogen (secondary N) is 1. The summed E-state index contributed by atoms with van der Waals surface area (Å²) in [7, 11) is 2.03.